The first-order chi connectivity index (χ1) is 8.78. The maximum Gasteiger partial charge on any atom is 0.0992 e. The van der Waals surface area contributed by atoms with Crippen molar-refractivity contribution in [1.82, 2.24) is 0 Å². The number of rotatable bonds is 4. The second-order valence-electron chi connectivity index (χ2n) is 4.99. The third kappa shape index (κ3) is 3.20. The van der Waals surface area contributed by atoms with Gasteiger partial charge in [-0.3, -0.25) is 0 Å². The molecule has 1 fully saturated rings. The normalized spacial score (nSPS) is 18.0. The molecule has 1 saturated carbocycles. The van der Waals surface area contributed by atoms with Gasteiger partial charge >= 0.3 is 0 Å². The molecule has 0 saturated heterocycles. The first-order valence-corrected chi connectivity index (χ1v) is 7.80. The molecule has 0 spiro atoms. The fraction of sp³-hybridized carbons (Fsp3) is 0.533. The Morgan fingerprint density at radius 3 is 2.78 bits per heavy atom. The van der Waals surface area contributed by atoms with Gasteiger partial charge in [0.1, 0.15) is 0 Å². The Labute approximate surface area is 114 Å². The highest BCUT2D eigenvalue weighted by molar-refractivity contribution is 8.00. The van der Waals surface area contributed by atoms with Gasteiger partial charge in [-0.05, 0) is 37.3 Å². The zero-order chi connectivity index (χ0) is 12.8. The largest absolute Gasteiger partial charge is 0.384 e. The second-order valence-corrected chi connectivity index (χ2v) is 6.27. The highest BCUT2D eigenvalue weighted by Gasteiger charge is 2.30. The van der Waals surface area contributed by atoms with E-state index in [0.29, 0.717) is 4.75 Å². The molecule has 96 valence electrons. The molecule has 2 rings (SSSR count). The van der Waals surface area contributed by atoms with E-state index in [1.54, 1.807) is 0 Å². The average molecular weight is 260 g/mol. The molecular weight excluding hydrogens is 240 g/mol. The van der Waals surface area contributed by atoms with Crippen LogP contribution in [-0.2, 0) is 0 Å². The number of nitrogens with one attached hydrogen (secondary N) is 1. The van der Waals surface area contributed by atoms with Crippen molar-refractivity contribution in [3.8, 4) is 6.07 Å². The van der Waals surface area contributed by atoms with Crippen LogP contribution in [0.3, 0.4) is 0 Å². The van der Waals surface area contributed by atoms with Gasteiger partial charge in [-0.1, -0.05) is 25.3 Å². The Balaban J connectivity index is 1.99. The van der Waals surface area contributed by atoms with Crippen molar-refractivity contribution in [2.24, 2.45) is 0 Å². The summed E-state index contributed by atoms with van der Waals surface area (Å²) in [6, 6.07) is 9.93. The van der Waals surface area contributed by atoms with Crippen LogP contribution in [0.15, 0.2) is 24.3 Å². The lowest BCUT2D eigenvalue weighted by Crippen LogP contribution is -2.35. The van der Waals surface area contributed by atoms with Gasteiger partial charge < -0.3 is 5.32 Å². The van der Waals surface area contributed by atoms with E-state index in [1.807, 2.05) is 36.0 Å². The van der Waals surface area contributed by atoms with Gasteiger partial charge in [0, 0.05) is 17.0 Å². The highest BCUT2D eigenvalue weighted by atomic mass is 32.2. The molecule has 1 aromatic rings. The summed E-state index contributed by atoms with van der Waals surface area (Å²) in [4.78, 5) is 0. The molecule has 1 aromatic carbocycles. The minimum atomic E-state index is 0.390. The summed E-state index contributed by atoms with van der Waals surface area (Å²) in [5, 5.41) is 12.4. The number of hydrogen-bond acceptors (Lipinski definition) is 3. The van der Waals surface area contributed by atoms with Gasteiger partial charge in [0.25, 0.3) is 0 Å². The summed E-state index contributed by atoms with van der Waals surface area (Å²) in [5.74, 6) is 0. The average Bonchev–Trinajstić information content (AvgIpc) is 2.46. The Morgan fingerprint density at radius 2 is 2.11 bits per heavy atom. The molecule has 1 aliphatic rings. The minimum Gasteiger partial charge on any atom is -0.384 e. The van der Waals surface area contributed by atoms with Gasteiger partial charge in [0.2, 0.25) is 0 Å². The number of nitriles is 1. The molecule has 0 aliphatic heterocycles. The van der Waals surface area contributed by atoms with Crippen LogP contribution in [0.4, 0.5) is 5.69 Å². The van der Waals surface area contributed by atoms with Crippen LogP contribution in [0.5, 0.6) is 0 Å². The molecule has 0 amide bonds. The van der Waals surface area contributed by atoms with E-state index < -0.39 is 0 Å². The summed E-state index contributed by atoms with van der Waals surface area (Å²) in [6.07, 6.45) is 8.91. The molecule has 0 radical (unpaired) electrons. The van der Waals surface area contributed by atoms with Crippen LogP contribution in [0, 0.1) is 11.3 Å². The van der Waals surface area contributed by atoms with E-state index in [2.05, 4.69) is 17.6 Å². The summed E-state index contributed by atoms with van der Waals surface area (Å²) < 4.78 is 0.390. The van der Waals surface area contributed by atoms with E-state index in [4.69, 9.17) is 5.26 Å². The second kappa shape index (κ2) is 6.15. The molecule has 3 heteroatoms. The van der Waals surface area contributed by atoms with E-state index in [0.717, 1.165) is 17.8 Å². The topological polar surface area (TPSA) is 35.8 Å². The van der Waals surface area contributed by atoms with Gasteiger partial charge in [-0.2, -0.15) is 17.0 Å². The molecule has 1 aliphatic carbocycles. The van der Waals surface area contributed by atoms with Crippen LogP contribution in [-0.4, -0.2) is 17.5 Å². The molecule has 0 aromatic heterocycles. The van der Waals surface area contributed by atoms with Crippen LogP contribution >= 0.6 is 11.8 Å². The quantitative estimate of drug-likeness (QED) is 0.887. The summed E-state index contributed by atoms with van der Waals surface area (Å²) in [5.41, 5.74) is 1.79. The number of benzene rings is 1. The molecule has 0 bridgehead atoms. The predicted octanol–water partition coefficient (Wildman–Crippen LogP) is 4.04. The molecule has 0 unspecified atom stereocenters. The van der Waals surface area contributed by atoms with Crippen molar-refractivity contribution in [1.29, 1.82) is 5.26 Å². The Bertz CT molecular complexity index is 430. The first kappa shape index (κ1) is 13.3. The molecule has 2 nitrogen and oxygen atoms in total. The Kier molecular flexibility index (Phi) is 4.54. The lowest BCUT2D eigenvalue weighted by Gasteiger charge is -2.36. The van der Waals surface area contributed by atoms with Gasteiger partial charge in [0.15, 0.2) is 0 Å². The van der Waals surface area contributed by atoms with Crippen molar-refractivity contribution < 1.29 is 0 Å². The van der Waals surface area contributed by atoms with E-state index in [-0.39, 0.29) is 0 Å². The number of anilines is 1. The van der Waals surface area contributed by atoms with Crippen molar-refractivity contribution in [3.05, 3.63) is 29.8 Å². The van der Waals surface area contributed by atoms with Gasteiger partial charge in [0.05, 0.1) is 11.6 Å². The Hall–Kier alpha value is -1.14. The highest BCUT2D eigenvalue weighted by Crippen LogP contribution is 2.38. The van der Waals surface area contributed by atoms with Gasteiger partial charge in [-0.25, -0.2) is 0 Å². The lowest BCUT2D eigenvalue weighted by molar-refractivity contribution is 0.411. The van der Waals surface area contributed by atoms with Gasteiger partial charge in [-0.15, -0.1) is 0 Å². The maximum atomic E-state index is 8.89. The summed E-state index contributed by atoms with van der Waals surface area (Å²) >= 11 is 1.99. The monoisotopic (exact) mass is 260 g/mol. The predicted molar refractivity (Wildman–Crippen MR) is 79.0 cm³/mol. The Morgan fingerprint density at radius 1 is 1.33 bits per heavy atom. The zero-order valence-electron chi connectivity index (χ0n) is 10.9. The molecule has 0 atom stereocenters. The van der Waals surface area contributed by atoms with Crippen LogP contribution < -0.4 is 5.32 Å². The third-order valence-electron chi connectivity index (χ3n) is 3.80. The van der Waals surface area contributed by atoms with E-state index >= 15 is 0 Å². The number of nitrogens with zero attached hydrogens (tertiary/aromatic N) is 1. The summed E-state index contributed by atoms with van der Waals surface area (Å²) in [6.45, 7) is 1.00. The molecule has 18 heavy (non-hydrogen) atoms. The molecular formula is C15H20N2S. The minimum absolute atomic E-state index is 0.390. The third-order valence-corrected chi connectivity index (χ3v) is 5.22. The van der Waals surface area contributed by atoms with Crippen LogP contribution in [0.2, 0.25) is 0 Å². The van der Waals surface area contributed by atoms with Crippen molar-refractivity contribution in [2.45, 2.75) is 36.9 Å². The van der Waals surface area contributed by atoms with Crippen molar-refractivity contribution >= 4 is 17.4 Å². The van der Waals surface area contributed by atoms with Crippen molar-refractivity contribution in [2.75, 3.05) is 18.1 Å². The summed E-state index contributed by atoms with van der Waals surface area (Å²) in [7, 11) is 0. The number of thioether (sulfide) groups is 1. The van der Waals surface area contributed by atoms with Crippen LogP contribution in [0.1, 0.15) is 37.7 Å². The van der Waals surface area contributed by atoms with Crippen molar-refractivity contribution in [3.63, 3.8) is 0 Å². The molecule has 0 heterocycles. The fourth-order valence-corrected chi connectivity index (χ4v) is 3.52. The maximum absolute atomic E-state index is 8.89. The smallest absolute Gasteiger partial charge is 0.0992 e. The number of hydrogen-bond donors (Lipinski definition) is 1. The SMILES string of the molecule is CSC1(CNc2cccc(C#N)c2)CCCCC1. The fourth-order valence-electron chi connectivity index (χ4n) is 2.61. The van der Waals surface area contributed by atoms with Crippen LogP contribution in [0.25, 0.3) is 0 Å². The van der Waals surface area contributed by atoms with E-state index in [9.17, 15) is 0 Å². The molecule has 1 N–H and O–H groups in total. The van der Waals surface area contributed by atoms with E-state index in [1.165, 1.54) is 32.1 Å². The lowest BCUT2D eigenvalue weighted by atomic mass is 9.88. The first-order valence-electron chi connectivity index (χ1n) is 6.57. The zero-order valence-corrected chi connectivity index (χ0v) is 11.7. The standard InChI is InChI=1S/C15H20N2S/c1-18-15(8-3-2-4-9-15)12-17-14-7-5-6-13(10-14)11-16/h5-7,10,17H,2-4,8-9,12H2,1H3.